The van der Waals surface area contributed by atoms with Crippen LogP contribution in [0.25, 0.3) is 5.69 Å². The molecule has 27 heavy (non-hydrogen) atoms. The number of hydrogen-bond acceptors (Lipinski definition) is 6. The lowest BCUT2D eigenvalue weighted by Gasteiger charge is -2.40. The summed E-state index contributed by atoms with van der Waals surface area (Å²) in [5.74, 6) is -0.0515. The summed E-state index contributed by atoms with van der Waals surface area (Å²) >= 11 is 0. The standard InChI is InChI=1S/C19H28FN7/c1-25(13-4-2-3-5-13)14-8-10-26(11-9-14)17-7-6-15(12-16(17)20)27-19(22)23-18(21)24-27/h6-7,12-14H,2-5,8-11H2,1H3,(H4,21,22,23,24). The van der Waals surface area contributed by atoms with E-state index < -0.39 is 0 Å². The molecule has 8 heteroatoms. The Morgan fingerprint density at radius 3 is 2.33 bits per heavy atom. The second-order valence-corrected chi connectivity index (χ2v) is 7.70. The third kappa shape index (κ3) is 3.58. The Labute approximate surface area is 159 Å². The van der Waals surface area contributed by atoms with Gasteiger partial charge in [-0.15, -0.1) is 5.10 Å². The summed E-state index contributed by atoms with van der Waals surface area (Å²) in [6, 6.07) is 6.38. The van der Waals surface area contributed by atoms with Crippen molar-refractivity contribution >= 4 is 17.6 Å². The molecule has 4 rings (SSSR count). The smallest absolute Gasteiger partial charge is 0.241 e. The van der Waals surface area contributed by atoms with Crippen molar-refractivity contribution in [2.24, 2.45) is 0 Å². The van der Waals surface area contributed by atoms with E-state index >= 15 is 0 Å². The van der Waals surface area contributed by atoms with E-state index in [9.17, 15) is 4.39 Å². The summed E-state index contributed by atoms with van der Waals surface area (Å²) < 4.78 is 16.1. The van der Waals surface area contributed by atoms with E-state index in [0.717, 1.165) is 32.0 Å². The maximum atomic E-state index is 14.8. The summed E-state index contributed by atoms with van der Waals surface area (Å²) in [5.41, 5.74) is 12.5. The Balaban J connectivity index is 1.43. The second kappa shape index (κ2) is 7.34. The summed E-state index contributed by atoms with van der Waals surface area (Å²) in [4.78, 5) is 8.56. The number of rotatable bonds is 4. The average molecular weight is 373 g/mol. The number of benzene rings is 1. The number of anilines is 3. The number of nitrogen functional groups attached to an aromatic ring is 2. The van der Waals surface area contributed by atoms with E-state index in [1.807, 2.05) is 0 Å². The van der Waals surface area contributed by atoms with E-state index in [-0.39, 0.29) is 17.7 Å². The molecule has 0 bridgehead atoms. The number of halogens is 1. The molecule has 1 aliphatic heterocycles. The van der Waals surface area contributed by atoms with Crippen molar-refractivity contribution in [1.82, 2.24) is 19.7 Å². The molecule has 2 fully saturated rings. The number of nitrogens with two attached hydrogens (primary N) is 2. The minimum absolute atomic E-state index is 0.0745. The van der Waals surface area contributed by atoms with Gasteiger partial charge in [-0.05, 0) is 44.9 Å². The van der Waals surface area contributed by atoms with Crippen LogP contribution in [0.3, 0.4) is 0 Å². The Morgan fingerprint density at radius 1 is 1.07 bits per heavy atom. The van der Waals surface area contributed by atoms with Crippen LogP contribution in [0.2, 0.25) is 0 Å². The fourth-order valence-electron chi connectivity index (χ4n) is 4.54. The van der Waals surface area contributed by atoms with Gasteiger partial charge in [-0.3, -0.25) is 0 Å². The predicted octanol–water partition coefficient (Wildman–Crippen LogP) is 2.41. The largest absolute Gasteiger partial charge is 0.369 e. The lowest BCUT2D eigenvalue weighted by Crippen LogP contribution is -2.46. The van der Waals surface area contributed by atoms with Gasteiger partial charge in [-0.25, -0.2) is 4.39 Å². The first-order valence-electron chi connectivity index (χ1n) is 9.78. The molecule has 1 aliphatic carbocycles. The Kier molecular flexibility index (Phi) is 4.90. The van der Waals surface area contributed by atoms with Crippen LogP contribution in [0.1, 0.15) is 38.5 Å². The Hall–Kier alpha value is -2.35. The van der Waals surface area contributed by atoms with Gasteiger partial charge in [0.15, 0.2) is 0 Å². The second-order valence-electron chi connectivity index (χ2n) is 7.70. The number of hydrogen-bond donors (Lipinski definition) is 2. The molecular weight excluding hydrogens is 345 g/mol. The van der Waals surface area contributed by atoms with Gasteiger partial charge >= 0.3 is 0 Å². The molecule has 2 aliphatic rings. The molecule has 7 nitrogen and oxygen atoms in total. The SMILES string of the molecule is CN(C1CCCC1)C1CCN(c2ccc(-n3nc(N)nc3N)cc2F)CC1. The zero-order valence-corrected chi connectivity index (χ0v) is 15.8. The zero-order chi connectivity index (χ0) is 19.0. The first kappa shape index (κ1) is 18.0. The molecule has 0 atom stereocenters. The van der Waals surface area contributed by atoms with Crippen LogP contribution < -0.4 is 16.4 Å². The quantitative estimate of drug-likeness (QED) is 0.856. The molecule has 1 saturated carbocycles. The molecule has 0 radical (unpaired) electrons. The maximum absolute atomic E-state index is 14.8. The lowest BCUT2D eigenvalue weighted by atomic mass is 10.0. The molecule has 4 N–H and O–H groups in total. The zero-order valence-electron chi connectivity index (χ0n) is 15.8. The molecule has 0 unspecified atom stereocenters. The highest BCUT2D eigenvalue weighted by Gasteiger charge is 2.29. The van der Waals surface area contributed by atoms with E-state index in [4.69, 9.17) is 11.5 Å². The lowest BCUT2D eigenvalue weighted by molar-refractivity contribution is 0.150. The van der Waals surface area contributed by atoms with Gasteiger partial charge in [-0.1, -0.05) is 12.8 Å². The number of piperidine rings is 1. The topological polar surface area (TPSA) is 89.2 Å². The minimum atomic E-state index is -0.274. The first-order valence-corrected chi connectivity index (χ1v) is 9.78. The van der Waals surface area contributed by atoms with Crippen molar-refractivity contribution in [3.63, 3.8) is 0 Å². The molecule has 2 aromatic rings. The van der Waals surface area contributed by atoms with Gasteiger partial charge in [0.25, 0.3) is 0 Å². The third-order valence-corrected chi connectivity index (χ3v) is 6.11. The number of nitrogens with zero attached hydrogens (tertiary/aromatic N) is 5. The van der Waals surface area contributed by atoms with E-state index in [0.29, 0.717) is 17.4 Å². The van der Waals surface area contributed by atoms with Crippen molar-refractivity contribution in [1.29, 1.82) is 0 Å². The average Bonchev–Trinajstić information content (AvgIpc) is 3.31. The van der Waals surface area contributed by atoms with Crippen molar-refractivity contribution in [2.45, 2.75) is 50.6 Å². The molecule has 1 aromatic heterocycles. The third-order valence-electron chi connectivity index (χ3n) is 6.11. The van der Waals surface area contributed by atoms with E-state index in [1.165, 1.54) is 36.4 Å². The highest BCUT2D eigenvalue weighted by molar-refractivity contribution is 5.54. The van der Waals surface area contributed by atoms with Gasteiger partial charge in [0.05, 0.1) is 11.4 Å². The van der Waals surface area contributed by atoms with Crippen LogP contribution in [0, 0.1) is 5.82 Å². The fraction of sp³-hybridized carbons (Fsp3) is 0.579. The molecule has 2 heterocycles. The summed E-state index contributed by atoms with van der Waals surface area (Å²) in [7, 11) is 2.26. The molecule has 1 saturated heterocycles. The van der Waals surface area contributed by atoms with Crippen LogP contribution >= 0.6 is 0 Å². The summed E-state index contributed by atoms with van der Waals surface area (Å²) in [6.07, 6.45) is 7.49. The number of aromatic nitrogens is 3. The fourth-order valence-corrected chi connectivity index (χ4v) is 4.54. The molecular formula is C19H28FN7. The van der Waals surface area contributed by atoms with Crippen molar-refractivity contribution in [2.75, 3.05) is 36.5 Å². The van der Waals surface area contributed by atoms with Gasteiger partial charge in [-0.2, -0.15) is 9.67 Å². The Bertz CT molecular complexity index is 791. The molecule has 0 spiro atoms. The van der Waals surface area contributed by atoms with Gasteiger partial charge in [0.2, 0.25) is 11.9 Å². The Morgan fingerprint density at radius 2 is 1.74 bits per heavy atom. The van der Waals surface area contributed by atoms with E-state index in [2.05, 4.69) is 26.9 Å². The van der Waals surface area contributed by atoms with Crippen LogP contribution in [-0.2, 0) is 0 Å². The van der Waals surface area contributed by atoms with Crippen LogP contribution in [0.4, 0.5) is 22.0 Å². The van der Waals surface area contributed by atoms with Crippen LogP contribution in [0.15, 0.2) is 18.2 Å². The monoisotopic (exact) mass is 373 g/mol. The van der Waals surface area contributed by atoms with Crippen molar-refractivity contribution in [3.05, 3.63) is 24.0 Å². The predicted molar refractivity (Wildman–Crippen MR) is 105 cm³/mol. The van der Waals surface area contributed by atoms with Gasteiger partial charge in [0.1, 0.15) is 5.82 Å². The normalized spacial score (nSPS) is 19.3. The van der Waals surface area contributed by atoms with E-state index in [1.54, 1.807) is 12.1 Å². The molecule has 0 amide bonds. The molecule has 146 valence electrons. The minimum Gasteiger partial charge on any atom is -0.369 e. The summed E-state index contributed by atoms with van der Waals surface area (Å²) in [5, 5.41) is 4.00. The highest BCUT2D eigenvalue weighted by atomic mass is 19.1. The van der Waals surface area contributed by atoms with Gasteiger partial charge < -0.3 is 21.3 Å². The van der Waals surface area contributed by atoms with Gasteiger partial charge in [0, 0.05) is 31.2 Å². The molecule has 1 aromatic carbocycles. The first-order chi connectivity index (χ1) is 13.0. The van der Waals surface area contributed by atoms with Crippen LogP contribution in [-0.4, -0.2) is 51.9 Å². The maximum Gasteiger partial charge on any atom is 0.241 e. The van der Waals surface area contributed by atoms with Crippen molar-refractivity contribution in [3.8, 4) is 5.69 Å². The summed E-state index contributed by atoms with van der Waals surface area (Å²) in [6.45, 7) is 1.74. The van der Waals surface area contributed by atoms with Crippen LogP contribution in [0.5, 0.6) is 0 Å². The van der Waals surface area contributed by atoms with Crippen molar-refractivity contribution < 1.29 is 4.39 Å². The highest BCUT2D eigenvalue weighted by Crippen LogP contribution is 2.30.